The molecule has 0 aliphatic heterocycles. The third kappa shape index (κ3) is 4.39. The van der Waals surface area contributed by atoms with Gasteiger partial charge in [0.2, 0.25) is 0 Å². The summed E-state index contributed by atoms with van der Waals surface area (Å²) in [7, 11) is 1.36. The Morgan fingerprint density at radius 1 is 1.00 bits per heavy atom. The number of methoxy groups -OCH3 is 1. The van der Waals surface area contributed by atoms with Gasteiger partial charge in [0, 0.05) is 22.2 Å². The molecule has 3 aromatic rings. The Hall–Kier alpha value is -3.87. The normalized spacial score (nSPS) is 13.5. The number of carboxylic acid groups (broad SMARTS) is 2. The fourth-order valence-electron chi connectivity index (χ4n) is 4.72. The van der Waals surface area contributed by atoms with Crippen molar-refractivity contribution in [1.82, 2.24) is 4.57 Å². The van der Waals surface area contributed by atoms with Crippen LogP contribution in [0.5, 0.6) is 0 Å². The van der Waals surface area contributed by atoms with E-state index in [1.807, 2.05) is 30.3 Å². The Balaban J connectivity index is 1.97. The summed E-state index contributed by atoms with van der Waals surface area (Å²) in [6.45, 7) is -0.301. The van der Waals surface area contributed by atoms with Gasteiger partial charge < -0.3 is 19.5 Å². The van der Waals surface area contributed by atoms with Crippen molar-refractivity contribution in [2.45, 2.75) is 38.6 Å². The molecule has 1 aliphatic rings. The quantitative estimate of drug-likeness (QED) is 0.498. The van der Waals surface area contributed by atoms with Crippen molar-refractivity contribution in [2.24, 2.45) is 0 Å². The van der Waals surface area contributed by atoms with E-state index in [1.165, 1.54) is 19.2 Å². The standard InChI is InChI=1S/C26H25NO6/c1-33-26(32)19-9-5-8-18(19)24-20-12-11-17(25(30)31)14-22(20)27(15-23(28)29)21(24)13-10-16-6-3-2-4-7-16/h2-4,6-7,11-12,14H,5,8-10,13,15H2,1H3,(H,28,29)(H,30,31). The smallest absolute Gasteiger partial charge is 0.335 e. The first-order valence-electron chi connectivity index (χ1n) is 10.9. The molecule has 0 amide bonds. The van der Waals surface area contributed by atoms with Gasteiger partial charge in [-0.15, -0.1) is 0 Å². The molecule has 1 aromatic heterocycles. The van der Waals surface area contributed by atoms with Crippen molar-refractivity contribution in [3.05, 3.63) is 76.5 Å². The fourth-order valence-corrected chi connectivity index (χ4v) is 4.72. The average molecular weight is 447 g/mol. The number of nitrogens with zero attached hydrogens (tertiary/aromatic N) is 1. The third-order valence-corrected chi connectivity index (χ3v) is 6.16. The maximum atomic E-state index is 12.5. The third-order valence-electron chi connectivity index (χ3n) is 6.16. The number of benzene rings is 2. The zero-order valence-corrected chi connectivity index (χ0v) is 18.3. The van der Waals surface area contributed by atoms with Crippen LogP contribution in [0.3, 0.4) is 0 Å². The second kappa shape index (κ2) is 9.32. The van der Waals surface area contributed by atoms with Gasteiger partial charge in [0.15, 0.2) is 0 Å². The maximum absolute atomic E-state index is 12.5. The fraction of sp³-hybridized carbons (Fsp3) is 0.269. The lowest BCUT2D eigenvalue weighted by Crippen LogP contribution is -2.13. The minimum atomic E-state index is -1.08. The molecule has 7 nitrogen and oxygen atoms in total. The van der Waals surface area contributed by atoms with Gasteiger partial charge >= 0.3 is 17.9 Å². The Morgan fingerprint density at radius 3 is 2.42 bits per heavy atom. The number of carboxylic acids is 2. The summed E-state index contributed by atoms with van der Waals surface area (Å²) in [6, 6.07) is 14.6. The summed E-state index contributed by atoms with van der Waals surface area (Å²) in [5, 5.41) is 19.9. The van der Waals surface area contributed by atoms with E-state index < -0.39 is 11.9 Å². The van der Waals surface area contributed by atoms with Crippen LogP contribution in [0.2, 0.25) is 0 Å². The van der Waals surface area contributed by atoms with Crippen molar-refractivity contribution in [2.75, 3.05) is 7.11 Å². The summed E-state index contributed by atoms with van der Waals surface area (Å²) >= 11 is 0. The van der Waals surface area contributed by atoms with Crippen LogP contribution in [0.4, 0.5) is 0 Å². The number of hydrogen-bond donors (Lipinski definition) is 2. The zero-order chi connectivity index (χ0) is 23.5. The number of esters is 1. The first kappa shape index (κ1) is 22.3. The molecule has 0 atom stereocenters. The summed E-state index contributed by atoms with van der Waals surface area (Å²) in [5.74, 6) is -2.48. The molecule has 0 spiro atoms. The predicted molar refractivity (Wildman–Crippen MR) is 123 cm³/mol. The van der Waals surface area contributed by atoms with E-state index in [0.29, 0.717) is 36.8 Å². The molecular formula is C26H25NO6. The lowest BCUT2D eigenvalue weighted by molar-refractivity contribution is -0.138. The number of ether oxygens (including phenoxy) is 1. The Morgan fingerprint density at radius 2 is 1.76 bits per heavy atom. The van der Waals surface area contributed by atoms with Crippen molar-refractivity contribution >= 4 is 34.4 Å². The largest absolute Gasteiger partial charge is 0.480 e. The van der Waals surface area contributed by atoms with Crippen LogP contribution in [0.25, 0.3) is 16.5 Å². The molecule has 0 saturated carbocycles. The van der Waals surface area contributed by atoms with Gasteiger partial charge in [-0.1, -0.05) is 36.4 Å². The number of carbonyl (C=O) groups excluding carboxylic acids is 1. The van der Waals surface area contributed by atoms with Crippen LogP contribution in [0, 0.1) is 0 Å². The minimum absolute atomic E-state index is 0.0846. The van der Waals surface area contributed by atoms with Gasteiger partial charge in [0.25, 0.3) is 0 Å². The zero-order valence-electron chi connectivity index (χ0n) is 18.3. The van der Waals surface area contributed by atoms with Gasteiger partial charge in [0.1, 0.15) is 6.54 Å². The molecule has 0 radical (unpaired) electrons. The van der Waals surface area contributed by atoms with Gasteiger partial charge in [0.05, 0.1) is 18.2 Å². The number of aryl methyl sites for hydroxylation is 1. The number of aromatic nitrogens is 1. The highest BCUT2D eigenvalue weighted by atomic mass is 16.5. The van der Waals surface area contributed by atoms with E-state index in [9.17, 15) is 24.6 Å². The molecule has 0 fully saturated rings. The number of fused-ring (bicyclic) bond motifs is 1. The topological polar surface area (TPSA) is 106 Å². The number of carbonyl (C=O) groups is 3. The number of aromatic carboxylic acids is 1. The van der Waals surface area contributed by atoms with Crippen LogP contribution in [-0.2, 0) is 33.7 Å². The van der Waals surface area contributed by atoms with E-state index >= 15 is 0 Å². The first-order valence-corrected chi connectivity index (χ1v) is 10.9. The van der Waals surface area contributed by atoms with Crippen molar-refractivity contribution < 1.29 is 29.3 Å². The molecule has 170 valence electrons. The number of rotatable bonds is 8. The Kier molecular flexibility index (Phi) is 6.31. The van der Waals surface area contributed by atoms with Gasteiger partial charge in [-0.05, 0) is 55.4 Å². The molecule has 33 heavy (non-hydrogen) atoms. The molecule has 0 bridgehead atoms. The SMILES string of the molecule is COC(=O)C1=C(c2c(CCc3ccccc3)n(CC(=O)O)c3cc(C(=O)O)ccc23)CCC1. The van der Waals surface area contributed by atoms with Crippen LogP contribution < -0.4 is 0 Å². The molecule has 1 heterocycles. The average Bonchev–Trinajstić information content (AvgIpc) is 3.40. The van der Waals surface area contributed by atoms with Crippen LogP contribution in [-0.4, -0.2) is 39.8 Å². The van der Waals surface area contributed by atoms with Crippen molar-refractivity contribution in [3.8, 4) is 0 Å². The van der Waals surface area contributed by atoms with E-state index in [1.54, 1.807) is 10.6 Å². The molecule has 4 rings (SSSR count). The molecule has 7 heteroatoms. The number of hydrogen-bond acceptors (Lipinski definition) is 4. The molecule has 0 unspecified atom stereocenters. The van der Waals surface area contributed by atoms with Gasteiger partial charge in [-0.3, -0.25) is 4.79 Å². The van der Waals surface area contributed by atoms with Gasteiger partial charge in [-0.2, -0.15) is 0 Å². The van der Waals surface area contributed by atoms with Crippen molar-refractivity contribution in [1.29, 1.82) is 0 Å². The maximum Gasteiger partial charge on any atom is 0.335 e. The lowest BCUT2D eigenvalue weighted by atomic mass is 9.95. The van der Waals surface area contributed by atoms with Crippen LogP contribution in [0.15, 0.2) is 54.1 Å². The Bertz CT molecular complexity index is 1270. The summed E-state index contributed by atoms with van der Waals surface area (Å²) in [5.41, 5.74) is 4.82. The first-order chi connectivity index (χ1) is 15.9. The van der Waals surface area contributed by atoms with E-state index in [0.717, 1.165) is 34.2 Å². The molecular weight excluding hydrogens is 422 g/mol. The monoisotopic (exact) mass is 447 g/mol. The highest BCUT2D eigenvalue weighted by Gasteiger charge is 2.29. The highest BCUT2D eigenvalue weighted by molar-refractivity contribution is 6.06. The summed E-state index contributed by atoms with van der Waals surface area (Å²) < 4.78 is 6.70. The van der Waals surface area contributed by atoms with E-state index in [-0.39, 0.29) is 18.1 Å². The second-order valence-corrected chi connectivity index (χ2v) is 8.13. The number of allylic oxidation sites excluding steroid dienone is 1. The second-order valence-electron chi connectivity index (χ2n) is 8.13. The van der Waals surface area contributed by atoms with Crippen molar-refractivity contribution in [3.63, 3.8) is 0 Å². The van der Waals surface area contributed by atoms with E-state index in [4.69, 9.17) is 4.74 Å². The highest BCUT2D eigenvalue weighted by Crippen LogP contribution is 2.41. The molecule has 0 saturated heterocycles. The molecule has 1 aliphatic carbocycles. The van der Waals surface area contributed by atoms with Crippen LogP contribution in [0.1, 0.15) is 46.4 Å². The summed E-state index contributed by atoms with van der Waals surface area (Å²) in [6.07, 6.45) is 3.29. The van der Waals surface area contributed by atoms with Crippen LogP contribution >= 0.6 is 0 Å². The van der Waals surface area contributed by atoms with Gasteiger partial charge in [-0.25, -0.2) is 9.59 Å². The lowest BCUT2D eigenvalue weighted by Gasteiger charge is -2.13. The molecule has 2 aromatic carbocycles. The predicted octanol–water partition coefficient (Wildman–Crippen LogP) is 4.32. The number of aliphatic carboxylic acids is 1. The van der Waals surface area contributed by atoms with E-state index in [2.05, 4.69) is 0 Å². The molecule has 2 N–H and O–H groups in total. The summed E-state index contributed by atoms with van der Waals surface area (Å²) in [4.78, 5) is 35.9. The Labute approximate surface area is 190 Å². The minimum Gasteiger partial charge on any atom is -0.480 e.